The normalized spacial score (nSPS) is 11.7. The average molecular weight is 346 g/mol. The van der Waals surface area contributed by atoms with E-state index < -0.39 is 10.0 Å². The molecule has 0 aliphatic heterocycles. The van der Waals surface area contributed by atoms with Gasteiger partial charge in [-0.25, -0.2) is 13.1 Å². The Bertz CT molecular complexity index is 934. The van der Waals surface area contributed by atoms with E-state index in [0.717, 1.165) is 11.3 Å². The minimum atomic E-state index is -3.51. The van der Waals surface area contributed by atoms with Crippen LogP contribution in [0.3, 0.4) is 0 Å². The highest BCUT2D eigenvalue weighted by atomic mass is 32.2. The Hall–Kier alpha value is -2.38. The van der Waals surface area contributed by atoms with Crippen LogP contribution in [-0.2, 0) is 15.8 Å². The number of aromatic nitrogens is 1. The second-order valence-electron chi connectivity index (χ2n) is 5.44. The summed E-state index contributed by atoms with van der Waals surface area (Å²) in [5.74, 6) is 0.491. The van der Waals surface area contributed by atoms with Crippen molar-refractivity contribution in [1.82, 2.24) is 9.88 Å². The summed E-state index contributed by atoms with van der Waals surface area (Å²) in [6, 6.07) is 14.8. The van der Waals surface area contributed by atoms with E-state index in [4.69, 9.17) is 9.26 Å². The van der Waals surface area contributed by atoms with Crippen LogP contribution >= 0.6 is 0 Å². The Balaban J connectivity index is 1.54. The van der Waals surface area contributed by atoms with Crippen LogP contribution in [0.25, 0.3) is 11.0 Å². The number of para-hydroxylation sites is 1. The Kier molecular flexibility index (Phi) is 4.82. The first-order valence-corrected chi connectivity index (χ1v) is 9.19. The number of fused-ring (bicyclic) bond motifs is 1. The summed E-state index contributed by atoms with van der Waals surface area (Å²) in [6.07, 6.45) is 0. The molecule has 0 fully saturated rings. The monoisotopic (exact) mass is 346 g/mol. The molecule has 0 aliphatic carbocycles. The third-order valence-corrected chi connectivity index (χ3v) is 4.76. The van der Waals surface area contributed by atoms with E-state index >= 15 is 0 Å². The van der Waals surface area contributed by atoms with Crippen LogP contribution in [0, 0.1) is 6.92 Å². The van der Waals surface area contributed by atoms with E-state index in [1.807, 2.05) is 43.3 Å². The second-order valence-corrected chi connectivity index (χ2v) is 7.25. The van der Waals surface area contributed by atoms with Crippen LogP contribution in [0.1, 0.15) is 11.3 Å². The largest absolute Gasteiger partial charge is 0.492 e. The summed E-state index contributed by atoms with van der Waals surface area (Å²) in [5.41, 5.74) is 2.06. The molecule has 0 bridgehead atoms. The van der Waals surface area contributed by atoms with Gasteiger partial charge in [-0.2, -0.15) is 0 Å². The molecule has 0 spiro atoms. The molecule has 2 aromatic carbocycles. The molecule has 0 atom stereocenters. The molecular formula is C17H18N2O4S. The van der Waals surface area contributed by atoms with Crippen molar-refractivity contribution in [3.8, 4) is 5.75 Å². The van der Waals surface area contributed by atoms with Crippen LogP contribution in [0.2, 0.25) is 0 Å². The standard InChI is InChI=1S/C17H18N2O4S/c1-13-5-4-6-14(11-13)22-10-9-18-24(20,21)12-16-15-7-2-3-8-17(15)23-19-16/h2-8,11,18H,9-10,12H2,1H3. The highest BCUT2D eigenvalue weighted by Crippen LogP contribution is 2.19. The first kappa shape index (κ1) is 16.5. The molecule has 0 saturated carbocycles. The number of rotatable bonds is 7. The molecule has 0 radical (unpaired) electrons. The lowest BCUT2D eigenvalue weighted by atomic mass is 10.2. The van der Waals surface area contributed by atoms with Gasteiger partial charge >= 0.3 is 0 Å². The minimum absolute atomic E-state index is 0.187. The van der Waals surface area contributed by atoms with Gasteiger partial charge < -0.3 is 9.26 Å². The zero-order valence-electron chi connectivity index (χ0n) is 13.2. The molecule has 0 unspecified atom stereocenters. The topological polar surface area (TPSA) is 81.4 Å². The summed E-state index contributed by atoms with van der Waals surface area (Å²) < 4.78 is 37.5. The summed E-state index contributed by atoms with van der Waals surface area (Å²) in [4.78, 5) is 0. The highest BCUT2D eigenvalue weighted by Gasteiger charge is 2.16. The van der Waals surface area contributed by atoms with E-state index in [1.54, 1.807) is 12.1 Å². The summed E-state index contributed by atoms with van der Waals surface area (Å²) in [5, 5.41) is 4.55. The van der Waals surface area contributed by atoms with E-state index in [0.29, 0.717) is 16.7 Å². The number of hydrogen-bond donors (Lipinski definition) is 1. The van der Waals surface area contributed by atoms with E-state index in [-0.39, 0.29) is 18.9 Å². The molecule has 126 valence electrons. The lowest BCUT2D eigenvalue weighted by Crippen LogP contribution is -2.29. The fourth-order valence-electron chi connectivity index (χ4n) is 2.34. The quantitative estimate of drug-likeness (QED) is 0.665. The van der Waals surface area contributed by atoms with Crippen LogP contribution < -0.4 is 9.46 Å². The maximum absolute atomic E-state index is 12.2. The SMILES string of the molecule is Cc1cccc(OCCNS(=O)(=O)Cc2noc3ccccc23)c1. The highest BCUT2D eigenvalue weighted by molar-refractivity contribution is 7.88. The number of sulfonamides is 1. The van der Waals surface area contributed by atoms with Crippen molar-refractivity contribution in [2.45, 2.75) is 12.7 Å². The van der Waals surface area contributed by atoms with Gasteiger partial charge in [0.05, 0.1) is 0 Å². The minimum Gasteiger partial charge on any atom is -0.492 e. The molecule has 1 N–H and O–H groups in total. The van der Waals surface area contributed by atoms with Gasteiger partial charge in [0.25, 0.3) is 0 Å². The van der Waals surface area contributed by atoms with Gasteiger partial charge in [-0.05, 0) is 36.8 Å². The first-order chi connectivity index (χ1) is 11.5. The number of hydrogen-bond acceptors (Lipinski definition) is 5. The molecule has 7 heteroatoms. The number of nitrogens with one attached hydrogen (secondary N) is 1. The number of aryl methyl sites for hydroxylation is 1. The van der Waals surface area contributed by atoms with Crippen molar-refractivity contribution in [2.24, 2.45) is 0 Å². The molecule has 3 aromatic rings. The number of ether oxygens (including phenoxy) is 1. The van der Waals surface area contributed by atoms with Crippen LogP contribution in [0.4, 0.5) is 0 Å². The van der Waals surface area contributed by atoms with Gasteiger partial charge in [-0.3, -0.25) is 0 Å². The molecule has 0 aliphatic rings. The molecule has 1 aromatic heterocycles. The van der Waals surface area contributed by atoms with Gasteiger partial charge in [-0.15, -0.1) is 0 Å². The summed E-state index contributed by atoms with van der Waals surface area (Å²) in [7, 11) is -3.51. The zero-order valence-corrected chi connectivity index (χ0v) is 14.0. The van der Waals surface area contributed by atoms with E-state index in [1.165, 1.54) is 0 Å². The van der Waals surface area contributed by atoms with Crippen molar-refractivity contribution in [1.29, 1.82) is 0 Å². The van der Waals surface area contributed by atoms with Gasteiger partial charge in [-0.1, -0.05) is 29.4 Å². The maximum Gasteiger partial charge on any atom is 0.217 e. The average Bonchev–Trinajstić information content (AvgIpc) is 2.94. The van der Waals surface area contributed by atoms with Crippen LogP contribution in [0.5, 0.6) is 5.75 Å². The Morgan fingerprint density at radius 1 is 1.17 bits per heavy atom. The Morgan fingerprint density at radius 2 is 2.00 bits per heavy atom. The predicted octanol–water partition coefficient (Wildman–Crippen LogP) is 2.63. The molecule has 0 saturated heterocycles. The molecule has 0 amide bonds. The second kappa shape index (κ2) is 7.02. The van der Waals surface area contributed by atoms with Gasteiger partial charge in [0.15, 0.2) is 5.58 Å². The van der Waals surface area contributed by atoms with Crippen molar-refractivity contribution in [2.75, 3.05) is 13.2 Å². The number of benzene rings is 2. The lowest BCUT2D eigenvalue weighted by Gasteiger charge is -2.08. The van der Waals surface area contributed by atoms with E-state index in [9.17, 15) is 8.42 Å². The molecule has 24 heavy (non-hydrogen) atoms. The van der Waals surface area contributed by atoms with Gasteiger partial charge in [0.2, 0.25) is 10.0 Å². The molecule has 1 heterocycles. The Morgan fingerprint density at radius 3 is 2.83 bits per heavy atom. The smallest absolute Gasteiger partial charge is 0.217 e. The maximum atomic E-state index is 12.2. The van der Waals surface area contributed by atoms with Crippen LogP contribution in [-0.4, -0.2) is 26.7 Å². The first-order valence-electron chi connectivity index (χ1n) is 7.54. The zero-order chi connectivity index (χ0) is 17.0. The lowest BCUT2D eigenvalue weighted by molar-refractivity contribution is 0.322. The fourth-order valence-corrected chi connectivity index (χ4v) is 3.41. The predicted molar refractivity (Wildman–Crippen MR) is 91.3 cm³/mol. The van der Waals surface area contributed by atoms with Crippen LogP contribution in [0.15, 0.2) is 53.1 Å². The van der Waals surface area contributed by atoms with Gasteiger partial charge in [0, 0.05) is 11.9 Å². The van der Waals surface area contributed by atoms with Gasteiger partial charge in [0.1, 0.15) is 23.8 Å². The summed E-state index contributed by atoms with van der Waals surface area (Å²) >= 11 is 0. The Labute approximate surface area is 140 Å². The van der Waals surface area contributed by atoms with Crippen molar-refractivity contribution in [3.63, 3.8) is 0 Å². The number of nitrogens with zero attached hydrogens (tertiary/aromatic N) is 1. The summed E-state index contributed by atoms with van der Waals surface area (Å²) in [6.45, 7) is 2.41. The molecule has 6 nitrogen and oxygen atoms in total. The molecule has 3 rings (SSSR count). The fraction of sp³-hybridized carbons (Fsp3) is 0.235. The van der Waals surface area contributed by atoms with Crippen molar-refractivity contribution >= 4 is 21.0 Å². The van der Waals surface area contributed by atoms with Crippen molar-refractivity contribution < 1.29 is 17.7 Å². The third kappa shape index (κ3) is 4.12. The van der Waals surface area contributed by atoms with E-state index in [2.05, 4.69) is 9.88 Å². The third-order valence-electron chi connectivity index (χ3n) is 3.46. The van der Waals surface area contributed by atoms with Crippen molar-refractivity contribution in [3.05, 3.63) is 59.8 Å². The molecular weight excluding hydrogens is 328 g/mol.